The number of aromatic nitrogens is 3. The zero-order valence-electron chi connectivity index (χ0n) is 19.5. The fraction of sp³-hybridized carbons (Fsp3) is 0.391. The topological polar surface area (TPSA) is 89.0 Å². The van der Waals surface area contributed by atoms with Crippen molar-refractivity contribution in [3.63, 3.8) is 0 Å². The number of carbonyl (C=O) groups excluding carboxylic acids is 1. The molecule has 166 valence electrons. The minimum absolute atomic E-state index is 0.329. The number of anilines is 1. The number of benzene rings is 1. The van der Waals surface area contributed by atoms with E-state index >= 15 is 0 Å². The highest BCUT2D eigenvalue weighted by molar-refractivity contribution is 7.98. The molecule has 7 nitrogen and oxygen atoms in total. The van der Waals surface area contributed by atoms with Crippen LogP contribution in [0.15, 0.2) is 35.6 Å². The first kappa shape index (κ1) is 24.4. The molecule has 2 amide bonds. The van der Waals surface area contributed by atoms with Gasteiger partial charge >= 0.3 is 6.03 Å². The van der Waals surface area contributed by atoms with Gasteiger partial charge in [0.2, 0.25) is 0 Å². The Morgan fingerprint density at radius 3 is 2.42 bits per heavy atom. The van der Waals surface area contributed by atoms with Gasteiger partial charge in [-0.1, -0.05) is 31.7 Å². The number of fused-ring (bicyclic) bond motifs is 1. The molecule has 3 aromatic rings. The van der Waals surface area contributed by atoms with E-state index in [1.807, 2.05) is 72.1 Å². The lowest BCUT2D eigenvalue weighted by atomic mass is 10.0. The molecule has 0 aliphatic carbocycles. The van der Waals surface area contributed by atoms with E-state index in [9.17, 15) is 4.79 Å². The van der Waals surface area contributed by atoms with Crippen molar-refractivity contribution in [2.75, 3.05) is 18.7 Å². The number of nitrogens with one attached hydrogen (secondary N) is 2. The van der Waals surface area contributed by atoms with Crippen LogP contribution in [0.2, 0.25) is 0 Å². The van der Waals surface area contributed by atoms with Crippen molar-refractivity contribution >= 4 is 34.6 Å². The molecule has 31 heavy (non-hydrogen) atoms. The number of pyridine rings is 1. The smallest absolute Gasteiger partial charge is 0.320 e. The Morgan fingerprint density at radius 1 is 1.10 bits per heavy atom. The fourth-order valence-corrected chi connectivity index (χ4v) is 3.20. The first-order valence-corrected chi connectivity index (χ1v) is 11.4. The van der Waals surface area contributed by atoms with Crippen LogP contribution in [0.4, 0.5) is 10.6 Å². The number of methoxy groups -OCH3 is 1. The molecule has 0 saturated heterocycles. The molecule has 2 heterocycles. The molecule has 0 atom stereocenters. The number of nitrogens with zero attached hydrogens (tertiary/aromatic N) is 3. The summed E-state index contributed by atoms with van der Waals surface area (Å²) in [7, 11) is 1.63. The summed E-state index contributed by atoms with van der Waals surface area (Å²) in [4.78, 5) is 26.0. The van der Waals surface area contributed by atoms with E-state index in [1.54, 1.807) is 13.3 Å². The van der Waals surface area contributed by atoms with Crippen molar-refractivity contribution in [3.05, 3.63) is 36.0 Å². The van der Waals surface area contributed by atoms with E-state index in [1.165, 1.54) is 11.8 Å². The van der Waals surface area contributed by atoms with E-state index in [0.717, 1.165) is 27.8 Å². The largest absolute Gasteiger partial charge is 0.497 e. The number of hydrogen-bond donors (Lipinski definition) is 2. The minimum atomic E-state index is -0.373. The summed E-state index contributed by atoms with van der Waals surface area (Å²) < 4.78 is 5.41. The Bertz CT molecular complexity index is 1060. The molecule has 0 radical (unpaired) electrons. The summed E-state index contributed by atoms with van der Waals surface area (Å²) in [6, 6.07) is 7.50. The fourth-order valence-electron chi connectivity index (χ4n) is 2.86. The Kier molecular flexibility index (Phi) is 8.21. The average Bonchev–Trinajstić information content (AvgIpc) is 2.72. The summed E-state index contributed by atoms with van der Waals surface area (Å²) in [6.07, 6.45) is 3.65. The highest BCUT2D eigenvalue weighted by atomic mass is 32.2. The maximum atomic E-state index is 12.5. The molecule has 0 aliphatic heterocycles. The van der Waals surface area contributed by atoms with Crippen LogP contribution in [0.25, 0.3) is 22.2 Å². The zero-order chi connectivity index (χ0) is 23.2. The first-order valence-electron chi connectivity index (χ1n) is 10.2. The predicted molar refractivity (Wildman–Crippen MR) is 129 cm³/mol. The number of ether oxygens (including phenoxy) is 1. The van der Waals surface area contributed by atoms with Gasteiger partial charge < -0.3 is 10.1 Å². The van der Waals surface area contributed by atoms with Gasteiger partial charge in [-0.3, -0.25) is 5.32 Å². The molecule has 0 spiro atoms. The third kappa shape index (κ3) is 6.55. The van der Waals surface area contributed by atoms with Gasteiger partial charge in [-0.15, -0.1) is 0 Å². The van der Waals surface area contributed by atoms with Gasteiger partial charge in [0, 0.05) is 22.7 Å². The van der Waals surface area contributed by atoms with E-state index in [-0.39, 0.29) is 11.6 Å². The highest BCUT2D eigenvalue weighted by Gasteiger charge is 2.18. The van der Waals surface area contributed by atoms with Crippen LogP contribution in [0.5, 0.6) is 5.75 Å². The molecule has 2 N–H and O–H groups in total. The Balaban J connectivity index is 0.00000166. The molecule has 0 bridgehead atoms. The van der Waals surface area contributed by atoms with Gasteiger partial charge in [-0.2, -0.15) is 0 Å². The van der Waals surface area contributed by atoms with Gasteiger partial charge in [-0.25, -0.2) is 19.7 Å². The van der Waals surface area contributed by atoms with Crippen molar-refractivity contribution in [2.45, 2.75) is 52.2 Å². The number of rotatable bonds is 4. The van der Waals surface area contributed by atoms with Crippen LogP contribution in [0.3, 0.4) is 0 Å². The van der Waals surface area contributed by atoms with E-state index in [2.05, 4.69) is 25.6 Å². The Hall–Kier alpha value is -2.87. The van der Waals surface area contributed by atoms with Crippen LogP contribution < -0.4 is 15.4 Å². The van der Waals surface area contributed by atoms with E-state index < -0.39 is 0 Å². The maximum Gasteiger partial charge on any atom is 0.320 e. The quantitative estimate of drug-likeness (QED) is 0.400. The molecular weight excluding hydrogens is 410 g/mol. The number of aryl methyl sites for hydroxylation is 1. The summed E-state index contributed by atoms with van der Waals surface area (Å²) >= 11 is 1.44. The monoisotopic (exact) mass is 441 g/mol. The number of urea groups is 1. The highest BCUT2D eigenvalue weighted by Crippen LogP contribution is 2.33. The number of carbonyl (C=O) groups is 1. The first-order chi connectivity index (χ1) is 14.7. The van der Waals surface area contributed by atoms with E-state index in [0.29, 0.717) is 16.6 Å². The van der Waals surface area contributed by atoms with Crippen molar-refractivity contribution in [3.8, 4) is 16.9 Å². The second kappa shape index (κ2) is 10.4. The molecule has 0 aliphatic rings. The predicted octanol–water partition coefficient (Wildman–Crippen LogP) is 5.68. The standard InChI is InChI=1S/C21H25N5O2S.C2H6/c1-12-7-13(9-15(8-12)28-5)16-10-14-11-22-20(29-6)25-17(14)23-18(16)24-19(27)26-21(2,3)4;1-2/h7-11H,1-6H3,(H2,22,23,24,25,26,27);1-2H3. The third-order valence-electron chi connectivity index (χ3n) is 4.05. The lowest BCUT2D eigenvalue weighted by Gasteiger charge is -2.21. The molecule has 2 aromatic heterocycles. The second-order valence-electron chi connectivity index (χ2n) is 7.72. The van der Waals surface area contributed by atoms with Crippen LogP contribution in [-0.4, -0.2) is 39.9 Å². The Morgan fingerprint density at radius 2 is 1.81 bits per heavy atom. The van der Waals surface area contributed by atoms with Gasteiger partial charge in [-0.05, 0) is 63.3 Å². The number of amides is 2. The van der Waals surface area contributed by atoms with Crippen LogP contribution in [-0.2, 0) is 0 Å². The van der Waals surface area contributed by atoms with Crippen LogP contribution in [0.1, 0.15) is 40.2 Å². The van der Waals surface area contributed by atoms with Gasteiger partial charge in [0.15, 0.2) is 10.8 Å². The van der Waals surface area contributed by atoms with Gasteiger partial charge in [0.05, 0.1) is 7.11 Å². The molecule has 3 rings (SSSR count). The van der Waals surface area contributed by atoms with Crippen LogP contribution in [0, 0.1) is 6.92 Å². The van der Waals surface area contributed by atoms with Gasteiger partial charge in [0.25, 0.3) is 0 Å². The maximum absolute atomic E-state index is 12.5. The van der Waals surface area contributed by atoms with Crippen LogP contribution >= 0.6 is 11.8 Å². The van der Waals surface area contributed by atoms with Crippen molar-refractivity contribution in [1.82, 2.24) is 20.3 Å². The number of thioether (sulfide) groups is 1. The van der Waals surface area contributed by atoms with E-state index in [4.69, 9.17) is 4.74 Å². The molecule has 8 heteroatoms. The van der Waals surface area contributed by atoms with Crippen molar-refractivity contribution in [2.24, 2.45) is 0 Å². The second-order valence-corrected chi connectivity index (χ2v) is 8.50. The molecule has 0 saturated carbocycles. The minimum Gasteiger partial charge on any atom is -0.497 e. The molecular formula is C23H31N5O2S. The Labute approximate surface area is 188 Å². The zero-order valence-corrected chi connectivity index (χ0v) is 20.3. The number of hydrogen-bond acceptors (Lipinski definition) is 6. The summed E-state index contributed by atoms with van der Waals surface area (Å²) in [5, 5.41) is 7.20. The molecule has 0 unspecified atom stereocenters. The summed E-state index contributed by atoms with van der Waals surface area (Å²) in [5.74, 6) is 1.16. The lowest BCUT2D eigenvalue weighted by Crippen LogP contribution is -2.43. The molecule has 1 aromatic carbocycles. The molecule has 0 fully saturated rings. The van der Waals surface area contributed by atoms with Gasteiger partial charge in [0.1, 0.15) is 11.6 Å². The normalized spacial score (nSPS) is 10.8. The summed E-state index contributed by atoms with van der Waals surface area (Å²) in [6.45, 7) is 11.8. The average molecular weight is 442 g/mol. The lowest BCUT2D eigenvalue weighted by molar-refractivity contribution is 0.243. The summed E-state index contributed by atoms with van der Waals surface area (Å²) in [5.41, 5.74) is 2.85. The van der Waals surface area contributed by atoms with Crippen molar-refractivity contribution < 1.29 is 9.53 Å². The third-order valence-corrected chi connectivity index (χ3v) is 4.61. The van der Waals surface area contributed by atoms with Crippen molar-refractivity contribution in [1.29, 1.82) is 0 Å². The SMILES string of the molecule is CC.COc1cc(C)cc(-c2cc3cnc(SC)nc3nc2NC(=O)NC(C)(C)C)c1.